The van der Waals surface area contributed by atoms with Crippen molar-refractivity contribution in [1.82, 2.24) is 0 Å². The molecule has 6 heteroatoms. The van der Waals surface area contributed by atoms with Crippen molar-refractivity contribution >= 4 is 17.9 Å². The number of carbonyl (C=O) groups excluding carboxylic acids is 3. The van der Waals surface area contributed by atoms with Crippen LogP contribution in [0.2, 0.25) is 0 Å². The highest BCUT2D eigenvalue weighted by molar-refractivity contribution is 5.71. The van der Waals surface area contributed by atoms with Gasteiger partial charge < -0.3 is 14.2 Å². The molecule has 6 nitrogen and oxygen atoms in total. The molecule has 0 amide bonds. The molecule has 0 saturated heterocycles. The Labute approximate surface area is 456 Å². The van der Waals surface area contributed by atoms with Gasteiger partial charge in [0.05, 0.1) is 0 Å². The molecule has 0 aliphatic carbocycles. The summed E-state index contributed by atoms with van der Waals surface area (Å²) in [5.41, 5.74) is 0. The predicted molar refractivity (Wildman–Crippen MR) is 320 cm³/mol. The van der Waals surface area contributed by atoms with Gasteiger partial charge in [0.1, 0.15) is 13.2 Å². The highest BCUT2D eigenvalue weighted by atomic mass is 16.6. The van der Waals surface area contributed by atoms with Crippen LogP contribution in [0.3, 0.4) is 0 Å². The van der Waals surface area contributed by atoms with Crippen LogP contribution in [0.25, 0.3) is 0 Å². The van der Waals surface area contributed by atoms with Crippen LogP contribution in [0.4, 0.5) is 0 Å². The van der Waals surface area contributed by atoms with Crippen molar-refractivity contribution < 1.29 is 28.6 Å². The molecule has 0 aromatic heterocycles. The van der Waals surface area contributed by atoms with Crippen molar-refractivity contribution in [2.75, 3.05) is 13.2 Å². The van der Waals surface area contributed by atoms with E-state index >= 15 is 0 Å². The first-order chi connectivity index (χ1) is 36.5. The molecule has 1 unspecified atom stereocenters. The second-order valence-corrected chi connectivity index (χ2v) is 19.9. The number of hydrogen-bond donors (Lipinski definition) is 0. The number of rotatable bonds is 54. The fraction of sp³-hybridized carbons (Fsp3) is 0.662. The van der Waals surface area contributed by atoms with Crippen molar-refractivity contribution in [3.8, 4) is 0 Å². The molecule has 420 valence electrons. The van der Waals surface area contributed by atoms with E-state index < -0.39 is 6.10 Å². The van der Waals surface area contributed by atoms with Gasteiger partial charge in [-0.1, -0.05) is 258 Å². The molecule has 0 aliphatic rings. The van der Waals surface area contributed by atoms with Gasteiger partial charge in [-0.15, -0.1) is 0 Å². The summed E-state index contributed by atoms with van der Waals surface area (Å²) in [6.45, 7) is 6.44. The van der Waals surface area contributed by atoms with Crippen LogP contribution >= 0.6 is 0 Å². The van der Waals surface area contributed by atoms with Crippen LogP contribution in [0.15, 0.2) is 122 Å². The van der Waals surface area contributed by atoms with Crippen molar-refractivity contribution in [2.45, 2.75) is 277 Å². The molecule has 0 radical (unpaired) electrons. The quantitative estimate of drug-likeness (QED) is 0.0261. The van der Waals surface area contributed by atoms with E-state index in [1.54, 1.807) is 0 Å². The van der Waals surface area contributed by atoms with Crippen LogP contribution in [-0.4, -0.2) is 37.2 Å². The van der Waals surface area contributed by atoms with E-state index in [4.69, 9.17) is 14.2 Å². The van der Waals surface area contributed by atoms with Gasteiger partial charge in [-0.05, 0) is 116 Å². The smallest absolute Gasteiger partial charge is 0.306 e. The Bertz CT molecular complexity index is 1550. The Morgan fingerprint density at radius 1 is 0.284 bits per heavy atom. The van der Waals surface area contributed by atoms with E-state index in [9.17, 15) is 14.4 Å². The van der Waals surface area contributed by atoms with Crippen LogP contribution in [0.5, 0.6) is 0 Å². The Balaban J connectivity index is 4.17. The second kappa shape index (κ2) is 61.4. The molecule has 0 N–H and O–H groups in total. The lowest BCUT2D eigenvalue weighted by Crippen LogP contribution is -2.30. The zero-order chi connectivity index (χ0) is 53.6. The van der Waals surface area contributed by atoms with Crippen molar-refractivity contribution in [2.24, 2.45) is 0 Å². The molecule has 0 rings (SSSR count). The summed E-state index contributed by atoms with van der Waals surface area (Å²) in [5.74, 6) is -0.921. The molecule has 74 heavy (non-hydrogen) atoms. The van der Waals surface area contributed by atoms with E-state index in [0.717, 1.165) is 135 Å². The van der Waals surface area contributed by atoms with E-state index in [2.05, 4.69) is 142 Å². The van der Waals surface area contributed by atoms with Crippen molar-refractivity contribution in [3.05, 3.63) is 122 Å². The van der Waals surface area contributed by atoms with Crippen molar-refractivity contribution in [1.29, 1.82) is 0 Å². The van der Waals surface area contributed by atoms with Gasteiger partial charge in [0.25, 0.3) is 0 Å². The number of allylic oxidation sites excluding steroid dienone is 20. The Morgan fingerprint density at radius 3 is 0.838 bits per heavy atom. The Kier molecular flexibility index (Phi) is 57.9. The number of ether oxygens (including phenoxy) is 3. The van der Waals surface area contributed by atoms with E-state index in [1.165, 1.54) is 96.3 Å². The molecule has 0 heterocycles. The minimum absolute atomic E-state index is 0.0870. The van der Waals surface area contributed by atoms with Gasteiger partial charge in [-0.3, -0.25) is 14.4 Å². The van der Waals surface area contributed by atoms with Crippen LogP contribution in [0.1, 0.15) is 271 Å². The number of esters is 3. The lowest BCUT2D eigenvalue weighted by Gasteiger charge is -2.18. The van der Waals surface area contributed by atoms with Crippen LogP contribution in [-0.2, 0) is 28.6 Å². The minimum Gasteiger partial charge on any atom is -0.462 e. The largest absolute Gasteiger partial charge is 0.462 e. The third-order valence-corrected chi connectivity index (χ3v) is 12.7. The molecular formula is C68H112O6. The average Bonchev–Trinajstić information content (AvgIpc) is 3.40. The summed E-state index contributed by atoms with van der Waals surface area (Å²) in [6.07, 6.45) is 85.2. The first-order valence-electron chi connectivity index (χ1n) is 30.5. The Hall–Kier alpha value is -4.19. The van der Waals surface area contributed by atoms with Gasteiger partial charge in [0.2, 0.25) is 0 Å². The van der Waals surface area contributed by atoms with E-state index in [-0.39, 0.29) is 31.1 Å². The van der Waals surface area contributed by atoms with E-state index in [1.807, 2.05) is 0 Å². The lowest BCUT2D eigenvalue weighted by atomic mass is 10.1. The molecule has 0 aromatic carbocycles. The Morgan fingerprint density at radius 2 is 0.527 bits per heavy atom. The lowest BCUT2D eigenvalue weighted by molar-refractivity contribution is -0.167. The number of carbonyl (C=O) groups is 3. The van der Waals surface area contributed by atoms with Crippen molar-refractivity contribution in [3.63, 3.8) is 0 Å². The summed E-state index contributed by atoms with van der Waals surface area (Å²) in [6, 6.07) is 0. The summed E-state index contributed by atoms with van der Waals surface area (Å²) < 4.78 is 16.7. The molecule has 1 atom stereocenters. The highest BCUT2D eigenvalue weighted by Gasteiger charge is 2.19. The minimum atomic E-state index is -0.787. The summed E-state index contributed by atoms with van der Waals surface area (Å²) in [7, 11) is 0. The molecule has 0 fully saturated rings. The van der Waals surface area contributed by atoms with Crippen LogP contribution in [0, 0.1) is 0 Å². The number of hydrogen-bond acceptors (Lipinski definition) is 6. The maximum absolute atomic E-state index is 12.8. The van der Waals surface area contributed by atoms with E-state index in [0.29, 0.717) is 19.3 Å². The fourth-order valence-corrected chi connectivity index (χ4v) is 8.13. The van der Waals surface area contributed by atoms with Gasteiger partial charge in [0.15, 0.2) is 6.10 Å². The van der Waals surface area contributed by atoms with Gasteiger partial charge in [-0.2, -0.15) is 0 Å². The molecule has 0 aliphatic heterocycles. The standard InChI is InChI=1S/C68H112O6/c1-4-7-10-13-16-18-20-22-24-26-27-28-29-30-31-32-33-34-35-36-37-38-39-40-41-43-44-46-48-50-52-55-58-61-67(70)73-64-65(63-72-66(69)60-57-54-15-12-9-6-3)74-68(71)62-59-56-53-51-49-47-45-42-25-23-21-19-17-14-11-8-5-2/h7,10,16,18,22-25,27-28,30-31,33-34,36-37,39-40,43-44,65H,4-6,8-9,11-15,17,19-21,26,29,32,35,38,41-42,45-64H2,1-3H3/b10-7-,18-16-,24-22-,25-23-,28-27-,31-30-,34-33-,37-36-,40-39-,44-43-. The van der Waals surface area contributed by atoms with Gasteiger partial charge >= 0.3 is 17.9 Å². The molecule has 0 bridgehead atoms. The maximum atomic E-state index is 12.8. The number of unbranched alkanes of at least 4 members (excludes halogenated alkanes) is 23. The highest BCUT2D eigenvalue weighted by Crippen LogP contribution is 2.14. The predicted octanol–water partition coefficient (Wildman–Crippen LogP) is 20.8. The second-order valence-electron chi connectivity index (χ2n) is 19.9. The molecular weight excluding hydrogens is 913 g/mol. The third kappa shape index (κ3) is 58.7. The molecule has 0 aromatic rings. The topological polar surface area (TPSA) is 78.9 Å². The normalized spacial score (nSPS) is 13.0. The van der Waals surface area contributed by atoms with Crippen LogP contribution < -0.4 is 0 Å². The fourth-order valence-electron chi connectivity index (χ4n) is 8.13. The third-order valence-electron chi connectivity index (χ3n) is 12.7. The maximum Gasteiger partial charge on any atom is 0.306 e. The zero-order valence-corrected chi connectivity index (χ0v) is 48.1. The first kappa shape index (κ1) is 69.8. The molecule has 0 saturated carbocycles. The summed E-state index contributed by atoms with van der Waals surface area (Å²) in [4.78, 5) is 37.9. The SMILES string of the molecule is CC/C=C\C/C=C\C/C=C\C/C=C\C/C=C\C/C=C\C/C=C\C/C=C\C/C=C\CCCCCCCC(=O)OCC(COC(=O)CCCCCCCC)OC(=O)CCCCCCCCC/C=C\CCCCCCCC. The summed E-state index contributed by atoms with van der Waals surface area (Å²) in [5, 5.41) is 0. The molecule has 0 spiro atoms. The monoisotopic (exact) mass is 1020 g/mol. The average molecular weight is 1030 g/mol. The van der Waals surface area contributed by atoms with Gasteiger partial charge in [0, 0.05) is 19.3 Å². The van der Waals surface area contributed by atoms with Gasteiger partial charge in [-0.25, -0.2) is 0 Å². The zero-order valence-electron chi connectivity index (χ0n) is 48.1. The first-order valence-corrected chi connectivity index (χ1v) is 30.5. The summed E-state index contributed by atoms with van der Waals surface area (Å²) >= 11 is 0.